The number of rotatable bonds is 6. The second-order valence-electron chi connectivity index (χ2n) is 9.41. The lowest BCUT2D eigenvalue weighted by atomic mass is 10.0. The number of thiocarbonyl (C=S) groups is 1. The second kappa shape index (κ2) is 11.1. The predicted octanol–water partition coefficient (Wildman–Crippen LogP) is 5.55. The molecule has 40 heavy (non-hydrogen) atoms. The lowest BCUT2D eigenvalue weighted by Gasteiger charge is -2.29. The molecule has 1 unspecified atom stereocenters. The zero-order chi connectivity index (χ0) is 30.2. The quantitative estimate of drug-likeness (QED) is 0.188. The molecule has 1 saturated heterocycles. The van der Waals surface area contributed by atoms with E-state index in [1.807, 2.05) is 0 Å². The fourth-order valence-corrected chi connectivity index (χ4v) is 4.40. The molecular weight excluding hydrogens is 558 g/mol. The monoisotopic (exact) mass is 581 g/mol. The highest BCUT2D eigenvalue weighted by atomic mass is 32.1. The summed E-state index contributed by atoms with van der Waals surface area (Å²) in [4.78, 5) is 39.5. The van der Waals surface area contributed by atoms with Gasteiger partial charge < -0.3 is 19.1 Å². The zero-order valence-corrected chi connectivity index (χ0v) is 22.6. The molecule has 9 nitrogen and oxygen atoms in total. The second-order valence-corrected chi connectivity index (χ2v) is 9.78. The van der Waals surface area contributed by atoms with E-state index in [4.69, 9.17) is 27.0 Å². The fourth-order valence-electron chi connectivity index (χ4n) is 3.88. The first-order chi connectivity index (χ1) is 18.5. The van der Waals surface area contributed by atoms with Crippen LogP contribution < -0.4 is 9.80 Å². The van der Waals surface area contributed by atoms with Gasteiger partial charge in [0.25, 0.3) is 12.2 Å². The van der Waals surface area contributed by atoms with Crippen molar-refractivity contribution in [1.29, 1.82) is 5.26 Å². The van der Waals surface area contributed by atoms with Crippen molar-refractivity contribution in [2.75, 3.05) is 16.9 Å². The van der Waals surface area contributed by atoms with E-state index < -0.39 is 64.5 Å². The van der Waals surface area contributed by atoms with E-state index in [-0.39, 0.29) is 16.5 Å². The van der Waals surface area contributed by atoms with Crippen LogP contribution in [0.4, 0.5) is 33.7 Å². The standard InChI is InChI=1S/C26H23F4N3O6S/c1-13(2)21(39-24(36)37-5)38-20(34)17-9-8-16(11-19(17)27)33-23(40)32(22(35)25(33,3)4)15-7-6-14(12-31)18(10-15)26(28,29)30/h6-11,13,21H,1-5H3. The molecule has 1 aliphatic heterocycles. The fraction of sp³-hybridized carbons (Fsp3) is 0.346. The molecule has 14 heteroatoms. The maximum Gasteiger partial charge on any atom is 0.511 e. The first kappa shape index (κ1) is 30.3. The topological polar surface area (TPSA) is 109 Å². The average molecular weight is 582 g/mol. The van der Waals surface area contributed by atoms with Gasteiger partial charge in [0.05, 0.1) is 35.6 Å². The third-order valence-corrected chi connectivity index (χ3v) is 6.30. The van der Waals surface area contributed by atoms with E-state index in [1.54, 1.807) is 13.8 Å². The number of alkyl halides is 3. The highest BCUT2D eigenvalue weighted by Crippen LogP contribution is 2.40. The van der Waals surface area contributed by atoms with Crippen LogP contribution in [0.15, 0.2) is 36.4 Å². The van der Waals surface area contributed by atoms with Crippen LogP contribution in [-0.4, -0.2) is 42.1 Å². The average Bonchev–Trinajstić information content (AvgIpc) is 3.05. The molecule has 2 aromatic carbocycles. The maximum atomic E-state index is 15.1. The number of benzene rings is 2. The van der Waals surface area contributed by atoms with Crippen molar-refractivity contribution in [1.82, 2.24) is 0 Å². The Bertz CT molecular complexity index is 1420. The number of nitriles is 1. The predicted molar refractivity (Wildman–Crippen MR) is 137 cm³/mol. The molecule has 212 valence electrons. The number of hydrogen-bond donors (Lipinski definition) is 0. The Morgan fingerprint density at radius 2 is 1.70 bits per heavy atom. The molecule has 1 fully saturated rings. The molecule has 0 saturated carbocycles. The number of amides is 1. The summed E-state index contributed by atoms with van der Waals surface area (Å²) in [5.41, 5.74) is -4.08. The van der Waals surface area contributed by atoms with E-state index in [0.717, 1.165) is 36.3 Å². The van der Waals surface area contributed by atoms with Gasteiger partial charge in [-0.1, -0.05) is 13.8 Å². The number of halogens is 4. The Morgan fingerprint density at radius 3 is 2.23 bits per heavy atom. The van der Waals surface area contributed by atoms with Crippen molar-refractivity contribution < 1.29 is 46.2 Å². The van der Waals surface area contributed by atoms with Crippen LogP contribution in [0.3, 0.4) is 0 Å². The zero-order valence-electron chi connectivity index (χ0n) is 21.8. The molecular formula is C26H23F4N3O6S. The number of ether oxygens (including phenoxy) is 3. The first-order valence-corrected chi connectivity index (χ1v) is 12.0. The lowest BCUT2D eigenvalue weighted by molar-refractivity contribution is -0.137. The van der Waals surface area contributed by atoms with Crippen LogP contribution in [-0.2, 0) is 25.2 Å². The van der Waals surface area contributed by atoms with Crippen molar-refractivity contribution in [3.05, 3.63) is 58.9 Å². The molecule has 0 N–H and O–H groups in total. The summed E-state index contributed by atoms with van der Waals surface area (Å²) in [5, 5.41) is 8.81. The number of esters is 1. The Hall–Kier alpha value is -4.25. The number of carbonyl (C=O) groups is 3. The number of hydrogen-bond acceptors (Lipinski definition) is 8. The van der Waals surface area contributed by atoms with Crippen LogP contribution in [0.5, 0.6) is 0 Å². The van der Waals surface area contributed by atoms with Gasteiger partial charge in [0.15, 0.2) is 5.11 Å². The SMILES string of the molecule is COC(=O)OC(OC(=O)c1ccc(N2C(=S)N(c3ccc(C#N)c(C(F)(F)F)c3)C(=O)C2(C)C)cc1F)C(C)C. The molecule has 0 radical (unpaired) electrons. The van der Waals surface area contributed by atoms with Gasteiger partial charge in [-0.2, -0.15) is 18.4 Å². The van der Waals surface area contributed by atoms with Crippen LogP contribution >= 0.6 is 12.2 Å². The van der Waals surface area contributed by atoms with Crippen molar-refractivity contribution in [3.63, 3.8) is 0 Å². The van der Waals surface area contributed by atoms with E-state index >= 15 is 4.39 Å². The molecule has 1 amide bonds. The van der Waals surface area contributed by atoms with Crippen LogP contribution in [0, 0.1) is 23.1 Å². The van der Waals surface area contributed by atoms with Crippen LogP contribution in [0.1, 0.15) is 49.2 Å². The van der Waals surface area contributed by atoms with E-state index in [2.05, 4.69) is 4.74 Å². The first-order valence-electron chi connectivity index (χ1n) is 11.6. The summed E-state index contributed by atoms with van der Waals surface area (Å²) in [7, 11) is 1.06. The maximum absolute atomic E-state index is 15.1. The van der Waals surface area contributed by atoms with Gasteiger partial charge in [0, 0.05) is 11.6 Å². The molecule has 0 bridgehead atoms. The van der Waals surface area contributed by atoms with Gasteiger partial charge in [-0.05, 0) is 62.5 Å². The summed E-state index contributed by atoms with van der Waals surface area (Å²) < 4.78 is 70.1. The van der Waals surface area contributed by atoms with E-state index in [0.29, 0.717) is 6.07 Å². The molecule has 2 aromatic rings. The van der Waals surface area contributed by atoms with Crippen molar-refractivity contribution in [3.8, 4) is 6.07 Å². The van der Waals surface area contributed by atoms with Gasteiger partial charge in [-0.15, -0.1) is 0 Å². The largest absolute Gasteiger partial charge is 0.511 e. The Kier molecular flexibility index (Phi) is 8.40. The van der Waals surface area contributed by atoms with Crippen molar-refractivity contribution in [2.45, 2.75) is 45.7 Å². The summed E-state index contributed by atoms with van der Waals surface area (Å²) in [6.45, 7) is 6.05. The molecule has 3 rings (SSSR count). The number of anilines is 2. The molecule has 0 spiro atoms. The third-order valence-electron chi connectivity index (χ3n) is 5.93. The summed E-state index contributed by atoms with van der Waals surface area (Å²) >= 11 is 5.43. The summed E-state index contributed by atoms with van der Waals surface area (Å²) in [6, 6.07) is 7.44. The number of nitrogens with zero attached hydrogens (tertiary/aromatic N) is 3. The summed E-state index contributed by atoms with van der Waals surface area (Å²) in [5.74, 6) is -3.42. The van der Waals surface area contributed by atoms with Crippen molar-refractivity contribution >= 4 is 46.7 Å². The van der Waals surface area contributed by atoms with E-state index in [1.165, 1.54) is 30.9 Å². The minimum atomic E-state index is -4.87. The minimum Gasteiger partial charge on any atom is -0.438 e. The molecule has 1 atom stereocenters. The molecule has 0 aliphatic carbocycles. The van der Waals surface area contributed by atoms with Crippen LogP contribution in [0.2, 0.25) is 0 Å². The molecule has 1 heterocycles. The van der Waals surface area contributed by atoms with E-state index in [9.17, 15) is 27.6 Å². The smallest absolute Gasteiger partial charge is 0.438 e. The summed E-state index contributed by atoms with van der Waals surface area (Å²) in [6.07, 6.45) is -7.35. The Labute approximate surface area is 231 Å². The van der Waals surface area contributed by atoms with Gasteiger partial charge in [0.2, 0.25) is 0 Å². The van der Waals surface area contributed by atoms with Gasteiger partial charge in [-0.3, -0.25) is 9.69 Å². The normalized spacial score (nSPS) is 15.6. The number of carbonyl (C=O) groups excluding carboxylic acids is 3. The van der Waals surface area contributed by atoms with Gasteiger partial charge in [-0.25, -0.2) is 14.0 Å². The molecule has 1 aliphatic rings. The Balaban J connectivity index is 1.95. The lowest BCUT2D eigenvalue weighted by Crippen LogP contribution is -2.44. The van der Waals surface area contributed by atoms with Crippen molar-refractivity contribution in [2.24, 2.45) is 5.92 Å². The Morgan fingerprint density at radius 1 is 1.07 bits per heavy atom. The third kappa shape index (κ3) is 5.69. The number of methoxy groups -OCH3 is 1. The minimum absolute atomic E-state index is 0.0239. The molecule has 0 aromatic heterocycles. The highest BCUT2D eigenvalue weighted by molar-refractivity contribution is 7.81. The van der Waals surface area contributed by atoms with Gasteiger partial charge >= 0.3 is 18.3 Å². The van der Waals surface area contributed by atoms with Gasteiger partial charge in [0.1, 0.15) is 11.4 Å². The van der Waals surface area contributed by atoms with Crippen LogP contribution in [0.25, 0.3) is 0 Å². The highest BCUT2D eigenvalue weighted by Gasteiger charge is 2.51.